The number of benzene rings is 1. The summed E-state index contributed by atoms with van der Waals surface area (Å²) in [5, 5.41) is 10.2. The molecule has 0 aromatic heterocycles. The molecule has 0 spiro atoms. The van der Waals surface area contributed by atoms with Crippen LogP contribution in [0.15, 0.2) is 24.3 Å². The minimum absolute atomic E-state index is 0.0588. The Labute approximate surface area is 145 Å². The molecule has 1 saturated heterocycles. The van der Waals surface area contributed by atoms with E-state index in [1.165, 1.54) is 5.56 Å². The fourth-order valence-corrected chi connectivity index (χ4v) is 2.87. The van der Waals surface area contributed by atoms with Crippen LogP contribution in [0.1, 0.15) is 36.7 Å². The predicted molar refractivity (Wildman–Crippen MR) is 95.4 cm³/mol. The van der Waals surface area contributed by atoms with Crippen LogP contribution in [0.5, 0.6) is 0 Å². The predicted octanol–water partition coefficient (Wildman–Crippen LogP) is 1.75. The van der Waals surface area contributed by atoms with E-state index in [9.17, 15) is 9.90 Å². The van der Waals surface area contributed by atoms with Gasteiger partial charge in [0.25, 0.3) is 5.91 Å². The topological polar surface area (TPSA) is 53.0 Å². The molecule has 134 valence electrons. The van der Waals surface area contributed by atoms with E-state index in [-0.39, 0.29) is 11.3 Å². The van der Waals surface area contributed by atoms with E-state index in [2.05, 4.69) is 25.7 Å². The second-order valence-corrected chi connectivity index (χ2v) is 7.58. The van der Waals surface area contributed by atoms with Crippen LogP contribution in [-0.2, 0) is 10.2 Å². The van der Waals surface area contributed by atoms with Gasteiger partial charge in [-0.05, 0) is 23.1 Å². The highest BCUT2D eigenvalue weighted by molar-refractivity contribution is 5.94. The van der Waals surface area contributed by atoms with Crippen LogP contribution >= 0.6 is 0 Å². The molecule has 0 aliphatic carbocycles. The molecule has 1 fully saturated rings. The average molecular weight is 334 g/mol. The number of carbonyl (C=O) groups excluding carboxylic acids is 1. The van der Waals surface area contributed by atoms with E-state index in [0.29, 0.717) is 31.9 Å². The van der Waals surface area contributed by atoms with Gasteiger partial charge in [0.05, 0.1) is 19.3 Å². The lowest BCUT2D eigenvalue weighted by Gasteiger charge is -2.30. The van der Waals surface area contributed by atoms with Gasteiger partial charge < -0.3 is 14.7 Å². The molecule has 1 N–H and O–H groups in total. The molecule has 2 rings (SSSR count). The quantitative estimate of drug-likeness (QED) is 0.891. The lowest BCUT2D eigenvalue weighted by molar-refractivity contribution is 0.00879. The van der Waals surface area contributed by atoms with Crippen molar-refractivity contribution in [1.82, 2.24) is 9.80 Å². The van der Waals surface area contributed by atoms with E-state index < -0.39 is 6.10 Å². The zero-order valence-electron chi connectivity index (χ0n) is 15.3. The summed E-state index contributed by atoms with van der Waals surface area (Å²) in [5.41, 5.74) is 1.93. The lowest BCUT2D eigenvalue weighted by atomic mass is 9.86. The van der Waals surface area contributed by atoms with E-state index in [1.807, 2.05) is 24.3 Å². The Hall–Kier alpha value is -1.43. The number of aliphatic hydroxyl groups is 1. The molecular formula is C19H30N2O3. The summed E-state index contributed by atoms with van der Waals surface area (Å²) >= 11 is 0. The zero-order valence-corrected chi connectivity index (χ0v) is 15.3. The number of β-amino-alcohol motifs (C(OH)–C–C–N with tert-alkyl or cyclic N) is 1. The van der Waals surface area contributed by atoms with Gasteiger partial charge in [-0.2, -0.15) is 0 Å². The molecule has 1 aliphatic heterocycles. The highest BCUT2D eigenvalue weighted by atomic mass is 16.5. The first-order valence-corrected chi connectivity index (χ1v) is 8.61. The first-order valence-electron chi connectivity index (χ1n) is 8.61. The van der Waals surface area contributed by atoms with Crippen molar-refractivity contribution < 1.29 is 14.6 Å². The molecular weight excluding hydrogens is 304 g/mol. The monoisotopic (exact) mass is 334 g/mol. The molecule has 1 aromatic carbocycles. The van der Waals surface area contributed by atoms with Crippen LogP contribution in [0.4, 0.5) is 0 Å². The van der Waals surface area contributed by atoms with Gasteiger partial charge in [-0.1, -0.05) is 32.9 Å². The molecule has 24 heavy (non-hydrogen) atoms. The minimum atomic E-state index is -0.550. The summed E-state index contributed by atoms with van der Waals surface area (Å²) in [6, 6.07) is 7.75. The first-order chi connectivity index (χ1) is 11.3. The van der Waals surface area contributed by atoms with Crippen molar-refractivity contribution in [2.75, 3.05) is 46.4 Å². The Bertz CT molecular complexity index is 531. The Morgan fingerprint density at radius 1 is 1.25 bits per heavy atom. The standard InChI is InChI=1S/C19H30N2O3/c1-19(2,3)16-7-5-15(6-8-16)18(23)20(4)13-17(22)14-21-9-11-24-12-10-21/h5-8,17,22H,9-14H2,1-4H3. The number of nitrogens with zero attached hydrogens (tertiary/aromatic N) is 2. The summed E-state index contributed by atoms with van der Waals surface area (Å²) in [6.07, 6.45) is -0.550. The third-order valence-electron chi connectivity index (χ3n) is 4.40. The molecule has 5 nitrogen and oxygen atoms in total. The Morgan fingerprint density at radius 2 is 1.83 bits per heavy atom. The van der Waals surface area contributed by atoms with Crippen LogP contribution < -0.4 is 0 Å². The maximum absolute atomic E-state index is 12.5. The maximum Gasteiger partial charge on any atom is 0.253 e. The number of ether oxygens (including phenoxy) is 1. The molecule has 0 radical (unpaired) electrons. The minimum Gasteiger partial charge on any atom is -0.390 e. The van der Waals surface area contributed by atoms with E-state index in [0.717, 1.165) is 13.1 Å². The number of hydrogen-bond acceptors (Lipinski definition) is 4. The van der Waals surface area contributed by atoms with Gasteiger partial charge in [0.15, 0.2) is 0 Å². The average Bonchev–Trinajstić information content (AvgIpc) is 2.54. The van der Waals surface area contributed by atoms with Gasteiger partial charge in [0.2, 0.25) is 0 Å². The summed E-state index contributed by atoms with van der Waals surface area (Å²) in [6.45, 7) is 10.4. The number of likely N-dealkylation sites (N-methyl/N-ethyl adjacent to an activating group) is 1. The smallest absolute Gasteiger partial charge is 0.253 e. The fraction of sp³-hybridized carbons (Fsp3) is 0.632. The van der Waals surface area contributed by atoms with E-state index >= 15 is 0 Å². The van der Waals surface area contributed by atoms with Crippen molar-refractivity contribution in [3.63, 3.8) is 0 Å². The molecule has 1 aromatic rings. The highest BCUT2D eigenvalue weighted by Crippen LogP contribution is 2.22. The molecule has 1 heterocycles. The fourth-order valence-electron chi connectivity index (χ4n) is 2.87. The number of carbonyl (C=O) groups is 1. The largest absolute Gasteiger partial charge is 0.390 e. The van der Waals surface area contributed by atoms with Crippen molar-refractivity contribution in [2.24, 2.45) is 0 Å². The maximum atomic E-state index is 12.5. The molecule has 5 heteroatoms. The Morgan fingerprint density at radius 3 is 2.38 bits per heavy atom. The van der Waals surface area contributed by atoms with Crippen molar-refractivity contribution >= 4 is 5.91 Å². The normalized spacial score (nSPS) is 17.5. The highest BCUT2D eigenvalue weighted by Gasteiger charge is 2.20. The number of hydrogen-bond donors (Lipinski definition) is 1. The second kappa shape index (κ2) is 8.10. The van der Waals surface area contributed by atoms with Gasteiger partial charge in [-0.3, -0.25) is 9.69 Å². The summed E-state index contributed by atoms with van der Waals surface area (Å²) in [4.78, 5) is 16.3. The number of aliphatic hydroxyl groups excluding tert-OH is 1. The SMILES string of the molecule is CN(CC(O)CN1CCOCC1)C(=O)c1ccc(C(C)(C)C)cc1. The zero-order chi connectivity index (χ0) is 17.7. The van der Waals surface area contributed by atoms with Crippen LogP contribution in [0.3, 0.4) is 0 Å². The number of morpholine rings is 1. The number of amides is 1. The molecule has 1 amide bonds. The van der Waals surface area contributed by atoms with Crippen molar-refractivity contribution in [2.45, 2.75) is 32.3 Å². The van der Waals surface area contributed by atoms with Gasteiger partial charge in [0.1, 0.15) is 0 Å². The summed E-state index contributed by atoms with van der Waals surface area (Å²) < 4.78 is 5.30. The van der Waals surface area contributed by atoms with Crippen LogP contribution in [0.25, 0.3) is 0 Å². The molecule has 1 aliphatic rings. The van der Waals surface area contributed by atoms with Crippen LogP contribution in [-0.4, -0.2) is 73.4 Å². The van der Waals surface area contributed by atoms with Gasteiger partial charge in [-0.25, -0.2) is 0 Å². The summed E-state index contributed by atoms with van der Waals surface area (Å²) in [5.74, 6) is -0.0588. The van der Waals surface area contributed by atoms with Crippen molar-refractivity contribution in [3.05, 3.63) is 35.4 Å². The first kappa shape index (κ1) is 18.9. The second-order valence-electron chi connectivity index (χ2n) is 7.58. The molecule has 1 atom stereocenters. The molecule has 0 saturated carbocycles. The van der Waals surface area contributed by atoms with Gasteiger partial charge in [0, 0.05) is 38.8 Å². The van der Waals surface area contributed by atoms with Crippen molar-refractivity contribution in [3.8, 4) is 0 Å². The van der Waals surface area contributed by atoms with Crippen molar-refractivity contribution in [1.29, 1.82) is 0 Å². The Kier molecular flexibility index (Phi) is 6.38. The Balaban J connectivity index is 1.89. The lowest BCUT2D eigenvalue weighted by Crippen LogP contribution is -2.45. The molecule has 1 unspecified atom stereocenters. The third-order valence-corrected chi connectivity index (χ3v) is 4.40. The summed E-state index contributed by atoms with van der Waals surface area (Å²) in [7, 11) is 1.74. The van der Waals surface area contributed by atoms with Gasteiger partial charge in [-0.15, -0.1) is 0 Å². The number of rotatable bonds is 5. The van der Waals surface area contributed by atoms with Gasteiger partial charge >= 0.3 is 0 Å². The van der Waals surface area contributed by atoms with E-state index in [4.69, 9.17) is 4.74 Å². The molecule has 0 bridgehead atoms. The van der Waals surface area contributed by atoms with Crippen LogP contribution in [0.2, 0.25) is 0 Å². The van der Waals surface area contributed by atoms with Crippen LogP contribution in [0, 0.1) is 0 Å². The van der Waals surface area contributed by atoms with E-state index in [1.54, 1.807) is 11.9 Å². The third kappa shape index (κ3) is 5.30.